The molecule has 0 aliphatic heterocycles. The van der Waals surface area contributed by atoms with Crippen molar-refractivity contribution in [2.45, 2.75) is 6.92 Å². The fourth-order valence-corrected chi connectivity index (χ4v) is 1.66. The molecule has 0 heterocycles. The summed E-state index contributed by atoms with van der Waals surface area (Å²) in [5.41, 5.74) is 2.59. The van der Waals surface area contributed by atoms with Crippen LogP contribution in [0.3, 0.4) is 0 Å². The van der Waals surface area contributed by atoms with Crippen molar-refractivity contribution in [3.8, 4) is 5.75 Å². The highest BCUT2D eigenvalue weighted by molar-refractivity contribution is 7.99. The minimum absolute atomic E-state index is 0.312. The van der Waals surface area contributed by atoms with Crippen molar-refractivity contribution >= 4 is 17.7 Å². The van der Waals surface area contributed by atoms with Crippen LogP contribution >= 0.6 is 11.8 Å². The van der Waals surface area contributed by atoms with E-state index in [9.17, 15) is 4.79 Å². The van der Waals surface area contributed by atoms with E-state index in [4.69, 9.17) is 10.6 Å². The lowest BCUT2D eigenvalue weighted by atomic mass is 10.2. The third-order valence-electron chi connectivity index (χ3n) is 1.93. The van der Waals surface area contributed by atoms with Gasteiger partial charge in [0.15, 0.2) is 0 Å². The molecule has 0 aliphatic carbocycles. The highest BCUT2D eigenvalue weighted by Gasteiger charge is 2.04. The van der Waals surface area contributed by atoms with Gasteiger partial charge in [0.1, 0.15) is 5.75 Å². The van der Waals surface area contributed by atoms with Crippen LogP contribution in [0.4, 0.5) is 0 Å². The highest BCUT2D eigenvalue weighted by Crippen LogP contribution is 2.13. The summed E-state index contributed by atoms with van der Waals surface area (Å²) in [5.74, 6) is 7.46. The first-order valence-corrected chi connectivity index (χ1v) is 6.25. The van der Waals surface area contributed by atoms with E-state index in [2.05, 4.69) is 12.3 Å². The maximum atomic E-state index is 11.2. The number of amides is 1. The standard InChI is InChI=1S/C11H16N2O2S/c1-2-16-7-6-15-10-5-3-4-9(8-10)11(14)13-12/h3-5,8H,2,6-7,12H2,1H3,(H,13,14). The zero-order valence-corrected chi connectivity index (χ0v) is 10.0. The Hall–Kier alpha value is -1.20. The van der Waals surface area contributed by atoms with Crippen molar-refractivity contribution in [1.82, 2.24) is 5.43 Å². The topological polar surface area (TPSA) is 64.3 Å². The van der Waals surface area contributed by atoms with Crippen molar-refractivity contribution in [3.05, 3.63) is 29.8 Å². The first kappa shape index (κ1) is 12.9. The summed E-state index contributed by atoms with van der Waals surface area (Å²) in [6.07, 6.45) is 0. The molecule has 1 aromatic carbocycles. The lowest BCUT2D eigenvalue weighted by Gasteiger charge is -2.06. The number of hydrazine groups is 1. The summed E-state index contributed by atoms with van der Waals surface area (Å²) < 4.78 is 5.50. The predicted octanol–water partition coefficient (Wildman–Crippen LogP) is 1.42. The zero-order chi connectivity index (χ0) is 11.8. The molecule has 0 atom stereocenters. The lowest BCUT2D eigenvalue weighted by Crippen LogP contribution is -2.29. The van der Waals surface area contributed by atoms with Gasteiger partial charge in [-0.25, -0.2) is 5.84 Å². The average Bonchev–Trinajstić information content (AvgIpc) is 2.34. The minimum atomic E-state index is -0.312. The number of nitrogens with two attached hydrogens (primary N) is 1. The Kier molecular flexibility index (Phi) is 5.74. The third-order valence-corrected chi connectivity index (χ3v) is 2.79. The molecule has 0 bridgehead atoms. The van der Waals surface area contributed by atoms with Gasteiger partial charge in [-0.05, 0) is 24.0 Å². The van der Waals surface area contributed by atoms with Gasteiger partial charge in [0.25, 0.3) is 5.91 Å². The number of nitrogen functional groups attached to an aromatic ring is 1. The van der Waals surface area contributed by atoms with E-state index >= 15 is 0 Å². The molecule has 1 rings (SSSR count). The van der Waals surface area contributed by atoms with Gasteiger partial charge < -0.3 is 4.74 Å². The molecule has 0 saturated carbocycles. The summed E-state index contributed by atoms with van der Waals surface area (Å²) in [7, 11) is 0. The van der Waals surface area contributed by atoms with Gasteiger partial charge in [-0.3, -0.25) is 10.2 Å². The fourth-order valence-electron chi connectivity index (χ4n) is 1.17. The largest absolute Gasteiger partial charge is 0.493 e. The molecule has 0 spiro atoms. The van der Waals surface area contributed by atoms with Gasteiger partial charge in [0.05, 0.1) is 6.61 Å². The fraction of sp³-hybridized carbons (Fsp3) is 0.364. The van der Waals surface area contributed by atoms with Crippen LogP contribution < -0.4 is 16.0 Å². The number of benzene rings is 1. The molecule has 0 saturated heterocycles. The normalized spacial score (nSPS) is 9.88. The van der Waals surface area contributed by atoms with Crippen molar-refractivity contribution in [1.29, 1.82) is 0 Å². The number of hydrogen-bond donors (Lipinski definition) is 2. The Bertz CT molecular complexity index is 345. The third kappa shape index (κ3) is 4.12. The Morgan fingerprint density at radius 3 is 3.06 bits per heavy atom. The molecular weight excluding hydrogens is 224 g/mol. The Morgan fingerprint density at radius 1 is 1.56 bits per heavy atom. The highest BCUT2D eigenvalue weighted by atomic mass is 32.2. The van der Waals surface area contributed by atoms with Crippen molar-refractivity contribution < 1.29 is 9.53 Å². The molecule has 0 aromatic heterocycles. The van der Waals surface area contributed by atoms with E-state index in [1.54, 1.807) is 18.2 Å². The Labute approximate surface area is 99.5 Å². The molecular formula is C11H16N2O2S. The lowest BCUT2D eigenvalue weighted by molar-refractivity contribution is 0.0953. The van der Waals surface area contributed by atoms with E-state index in [0.29, 0.717) is 17.9 Å². The van der Waals surface area contributed by atoms with E-state index < -0.39 is 0 Å². The molecule has 5 heteroatoms. The summed E-state index contributed by atoms with van der Waals surface area (Å²) in [5, 5.41) is 0. The molecule has 1 amide bonds. The van der Waals surface area contributed by atoms with Crippen LogP contribution in [0.2, 0.25) is 0 Å². The van der Waals surface area contributed by atoms with E-state index in [-0.39, 0.29) is 5.91 Å². The first-order valence-electron chi connectivity index (χ1n) is 5.09. The van der Waals surface area contributed by atoms with Crippen LogP contribution in [-0.2, 0) is 0 Å². The SMILES string of the molecule is CCSCCOc1cccc(C(=O)NN)c1. The smallest absolute Gasteiger partial charge is 0.265 e. The van der Waals surface area contributed by atoms with Gasteiger partial charge in [0.2, 0.25) is 0 Å². The maximum absolute atomic E-state index is 11.2. The molecule has 0 fully saturated rings. The van der Waals surface area contributed by atoms with E-state index in [1.807, 2.05) is 17.8 Å². The summed E-state index contributed by atoms with van der Waals surface area (Å²) in [4.78, 5) is 11.2. The molecule has 88 valence electrons. The second kappa shape index (κ2) is 7.14. The molecule has 1 aromatic rings. The van der Waals surface area contributed by atoms with Crippen LogP contribution in [-0.4, -0.2) is 24.0 Å². The summed E-state index contributed by atoms with van der Waals surface area (Å²) >= 11 is 1.82. The average molecular weight is 240 g/mol. The van der Waals surface area contributed by atoms with Crippen LogP contribution in [0.25, 0.3) is 0 Å². The minimum Gasteiger partial charge on any atom is -0.493 e. The number of carbonyl (C=O) groups excluding carboxylic acids is 1. The second-order valence-corrected chi connectivity index (χ2v) is 4.44. The van der Waals surface area contributed by atoms with Crippen LogP contribution in [0.5, 0.6) is 5.75 Å². The van der Waals surface area contributed by atoms with Gasteiger partial charge in [-0.15, -0.1) is 0 Å². The number of rotatable bonds is 6. The number of nitrogens with one attached hydrogen (secondary N) is 1. The first-order chi connectivity index (χ1) is 7.77. The van der Waals surface area contributed by atoms with Crippen LogP contribution in [0.15, 0.2) is 24.3 Å². The van der Waals surface area contributed by atoms with Crippen LogP contribution in [0.1, 0.15) is 17.3 Å². The quantitative estimate of drug-likeness (QED) is 0.342. The van der Waals surface area contributed by atoms with Gasteiger partial charge >= 0.3 is 0 Å². The zero-order valence-electron chi connectivity index (χ0n) is 9.23. The molecule has 0 aliphatic rings. The van der Waals surface area contributed by atoms with Crippen LogP contribution in [0, 0.1) is 0 Å². The molecule has 0 radical (unpaired) electrons. The monoisotopic (exact) mass is 240 g/mol. The predicted molar refractivity (Wildman–Crippen MR) is 66.6 cm³/mol. The Balaban J connectivity index is 2.50. The van der Waals surface area contributed by atoms with Gasteiger partial charge in [-0.1, -0.05) is 13.0 Å². The Morgan fingerprint density at radius 2 is 2.38 bits per heavy atom. The maximum Gasteiger partial charge on any atom is 0.265 e. The number of carbonyl (C=O) groups is 1. The van der Waals surface area contributed by atoms with E-state index in [1.165, 1.54) is 0 Å². The second-order valence-electron chi connectivity index (χ2n) is 3.05. The molecule has 16 heavy (non-hydrogen) atoms. The van der Waals surface area contributed by atoms with Crippen molar-refractivity contribution in [2.24, 2.45) is 5.84 Å². The number of ether oxygens (including phenoxy) is 1. The van der Waals surface area contributed by atoms with Crippen molar-refractivity contribution in [3.63, 3.8) is 0 Å². The van der Waals surface area contributed by atoms with E-state index in [0.717, 1.165) is 11.5 Å². The van der Waals surface area contributed by atoms with Gasteiger partial charge in [0, 0.05) is 11.3 Å². The number of thioether (sulfide) groups is 1. The van der Waals surface area contributed by atoms with Gasteiger partial charge in [-0.2, -0.15) is 11.8 Å². The molecule has 3 N–H and O–H groups in total. The summed E-state index contributed by atoms with van der Waals surface area (Å²) in [6.45, 7) is 2.75. The summed E-state index contributed by atoms with van der Waals surface area (Å²) in [6, 6.07) is 6.96. The number of hydrogen-bond acceptors (Lipinski definition) is 4. The molecule has 0 unspecified atom stereocenters. The molecule has 4 nitrogen and oxygen atoms in total. The van der Waals surface area contributed by atoms with Crippen molar-refractivity contribution in [2.75, 3.05) is 18.1 Å².